The van der Waals surface area contributed by atoms with E-state index < -0.39 is 0 Å². The Morgan fingerprint density at radius 1 is 1.22 bits per heavy atom. The van der Waals surface area contributed by atoms with Crippen LogP contribution in [0.2, 0.25) is 0 Å². The van der Waals surface area contributed by atoms with Gasteiger partial charge in [0, 0.05) is 6.42 Å². The van der Waals surface area contributed by atoms with E-state index in [1.165, 1.54) is 49.7 Å². The summed E-state index contributed by atoms with van der Waals surface area (Å²) in [6.45, 7) is 12.1. The molecule has 1 nitrogen and oxygen atoms in total. The molecule has 0 radical (unpaired) electrons. The molecular formula is C22H32O. The highest BCUT2D eigenvalue weighted by molar-refractivity contribution is 5.91. The maximum Gasteiger partial charge on any atom is 0.155 e. The minimum atomic E-state index is 0.362. The van der Waals surface area contributed by atoms with Crippen LogP contribution in [0.5, 0.6) is 0 Å². The van der Waals surface area contributed by atoms with E-state index in [4.69, 9.17) is 0 Å². The Kier molecular flexibility index (Phi) is 3.45. The van der Waals surface area contributed by atoms with E-state index in [0.717, 1.165) is 24.7 Å². The van der Waals surface area contributed by atoms with E-state index >= 15 is 0 Å². The van der Waals surface area contributed by atoms with Crippen LogP contribution in [0.15, 0.2) is 23.8 Å². The van der Waals surface area contributed by atoms with Gasteiger partial charge in [-0.05, 0) is 85.5 Å². The van der Waals surface area contributed by atoms with Crippen molar-refractivity contribution in [3.63, 3.8) is 0 Å². The number of fused-ring (bicyclic) bond motifs is 5. The number of hydrogen-bond donors (Lipinski definition) is 0. The van der Waals surface area contributed by atoms with Crippen molar-refractivity contribution < 1.29 is 4.79 Å². The van der Waals surface area contributed by atoms with E-state index in [0.29, 0.717) is 28.4 Å². The molecule has 4 aliphatic carbocycles. The second-order valence-corrected chi connectivity index (χ2v) is 9.43. The topological polar surface area (TPSA) is 17.1 Å². The monoisotopic (exact) mass is 312 g/mol. The fourth-order valence-electron chi connectivity index (χ4n) is 7.31. The Hall–Kier alpha value is -0.850. The lowest BCUT2D eigenvalue weighted by Crippen LogP contribution is -2.50. The number of rotatable bonds is 1. The Balaban J connectivity index is 1.72. The lowest BCUT2D eigenvalue weighted by atomic mass is 9.47. The van der Waals surface area contributed by atoms with Gasteiger partial charge in [-0.1, -0.05) is 38.5 Å². The summed E-state index contributed by atoms with van der Waals surface area (Å²) in [5.41, 5.74) is 3.92. The zero-order valence-corrected chi connectivity index (χ0v) is 15.2. The first kappa shape index (κ1) is 15.7. The lowest BCUT2D eigenvalue weighted by molar-refractivity contribution is -0.115. The van der Waals surface area contributed by atoms with Crippen LogP contribution in [0, 0.1) is 34.5 Å². The van der Waals surface area contributed by atoms with Gasteiger partial charge in [-0.2, -0.15) is 0 Å². The molecule has 4 rings (SSSR count). The number of ketones is 1. The minimum Gasteiger partial charge on any atom is -0.295 e. The largest absolute Gasteiger partial charge is 0.295 e. The third kappa shape index (κ3) is 2.01. The molecule has 0 N–H and O–H groups in total. The first-order chi connectivity index (χ1) is 10.9. The fraction of sp³-hybridized carbons (Fsp3) is 0.773. The highest BCUT2D eigenvalue weighted by atomic mass is 16.1. The van der Waals surface area contributed by atoms with Gasteiger partial charge >= 0.3 is 0 Å². The molecule has 0 aromatic heterocycles. The number of hydrogen-bond acceptors (Lipinski definition) is 1. The summed E-state index contributed by atoms with van der Waals surface area (Å²) in [6, 6.07) is 0. The van der Waals surface area contributed by atoms with Crippen LogP contribution in [-0.2, 0) is 4.79 Å². The Morgan fingerprint density at radius 3 is 2.74 bits per heavy atom. The van der Waals surface area contributed by atoms with E-state index in [1.807, 2.05) is 6.08 Å². The molecule has 0 aromatic rings. The normalized spacial score (nSPS) is 45.1. The zero-order valence-electron chi connectivity index (χ0n) is 15.2. The van der Waals surface area contributed by atoms with Crippen LogP contribution >= 0.6 is 0 Å². The average molecular weight is 312 g/mol. The van der Waals surface area contributed by atoms with Gasteiger partial charge in [0.15, 0.2) is 5.78 Å². The molecule has 23 heavy (non-hydrogen) atoms. The molecule has 0 aromatic carbocycles. The molecule has 5 atom stereocenters. The van der Waals surface area contributed by atoms with Crippen molar-refractivity contribution in [2.24, 2.45) is 34.5 Å². The van der Waals surface area contributed by atoms with Crippen molar-refractivity contribution in [1.82, 2.24) is 0 Å². The number of allylic oxidation sites excluding steroid dienone is 2. The predicted octanol–water partition coefficient (Wildman–Crippen LogP) is 5.71. The molecule has 126 valence electrons. The van der Waals surface area contributed by atoms with Crippen molar-refractivity contribution in [1.29, 1.82) is 0 Å². The number of carbonyl (C=O) groups is 1. The van der Waals surface area contributed by atoms with Crippen LogP contribution in [0.4, 0.5) is 0 Å². The van der Waals surface area contributed by atoms with E-state index in [1.54, 1.807) is 0 Å². The summed E-state index contributed by atoms with van der Waals surface area (Å²) in [5, 5.41) is 0. The standard InChI is InChI=1S/C22H32O/c1-5-22-13-14(2)20-17-9-7-16(23)12-15(17)6-8-18(20)19(22)10-11-21(22,3)4/h12,17-20H,2,5-11,13H2,1,3-4H3. The van der Waals surface area contributed by atoms with Crippen LogP contribution in [0.1, 0.15) is 72.1 Å². The van der Waals surface area contributed by atoms with Crippen molar-refractivity contribution >= 4 is 5.78 Å². The van der Waals surface area contributed by atoms with E-state index in [9.17, 15) is 4.79 Å². The second-order valence-electron chi connectivity index (χ2n) is 9.43. The summed E-state index contributed by atoms with van der Waals surface area (Å²) in [4.78, 5) is 11.8. The molecule has 0 heterocycles. The third-order valence-corrected chi connectivity index (χ3v) is 8.49. The summed E-state index contributed by atoms with van der Waals surface area (Å²) < 4.78 is 0. The van der Waals surface area contributed by atoms with Crippen molar-refractivity contribution in [3.8, 4) is 0 Å². The van der Waals surface area contributed by atoms with Gasteiger partial charge in [0.25, 0.3) is 0 Å². The molecule has 0 saturated heterocycles. The Morgan fingerprint density at radius 2 is 2.00 bits per heavy atom. The average Bonchev–Trinajstić information content (AvgIpc) is 2.78. The van der Waals surface area contributed by atoms with Crippen molar-refractivity contribution in [2.45, 2.75) is 72.1 Å². The first-order valence-electron chi connectivity index (χ1n) is 9.80. The van der Waals surface area contributed by atoms with Gasteiger partial charge < -0.3 is 0 Å². The smallest absolute Gasteiger partial charge is 0.155 e. The maximum atomic E-state index is 11.8. The predicted molar refractivity (Wildman–Crippen MR) is 95.0 cm³/mol. The minimum absolute atomic E-state index is 0.362. The molecule has 0 amide bonds. The Bertz CT molecular complexity index is 581. The van der Waals surface area contributed by atoms with Crippen LogP contribution in [-0.4, -0.2) is 5.78 Å². The van der Waals surface area contributed by atoms with Gasteiger partial charge in [-0.3, -0.25) is 4.79 Å². The molecule has 5 unspecified atom stereocenters. The molecule has 0 aliphatic heterocycles. The molecule has 0 spiro atoms. The highest BCUT2D eigenvalue weighted by Crippen LogP contribution is 2.69. The fourth-order valence-corrected chi connectivity index (χ4v) is 7.31. The molecule has 3 saturated carbocycles. The third-order valence-electron chi connectivity index (χ3n) is 8.49. The quantitative estimate of drug-likeness (QED) is 0.567. The van der Waals surface area contributed by atoms with Gasteiger partial charge in [-0.25, -0.2) is 0 Å². The molecular weight excluding hydrogens is 280 g/mol. The maximum absolute atomic E-state index is 11.8. The van der Waals surface area contributed by atoms with Gasteiger partial charge in [-0.15, -0.1) is 0 Å². The van der Waals surface area contributed by atoms with E-state index in [-0.39, 0.29) is 0 Å². The Labute approximate surface area is 141 Å². The van der Waals surface area contributed by atoms with Gasteiger partial charge in [0.05, 0.1) is 0 Å². The first-order valence-corrected chi connectivity index (χ1v) is 9.80. The van der Waals surface area contributed by atoms with Crippen molar-refractivity contribution in [2.75, 3.05) is 0 Å². The lowest BCUT2D eigenvalue weighted by Gasteiger charge is -2.58. The number of carbonyl (C=O) groups excluding carboxylic acids is 1. The summed E-state index contributed by atoms with van der Waals surface area (Å²) in [6.07, 6.45) is 11.6. The van der Waals surface area contributed by atoms with Crippen molar-refractivity contribution in [3.05, 3.63) is 23.8 Å². The van der Waals surface area contributed by atoms with Gasteiger partial charge in [0.1, 0.15) is 0 Å². The molecule has 3 fully saturated rings. The molecule has 0 bridgehead atoms. The van der Waals surface area contributed by atoms with Crippen LogP contribution in [0.25, 0.3) is 0 Å². The summed E-state index contributed by atoms with van der Waals surface area (Å²) in [7, 11) is 0. The summed E-state index contributed by atoms with van der Waals surface area (Å²) >= 11 is 0. The summed E-state index contributed by atoms with van der Waals surface area (Å²) in [5.74, 6) is 3.38. The van der Waals surface area contributed by atoms with Crippen LogP contribution < -0.4 is 0 Å². The SMILES string of the molecule is C=C1CC2(CC)C(CCC2(C)C)C2CCC3=CC(=O)CCC3C12. The van der Waals surface area contributed by atoms with E-state index in [2.05, 4.69) is 27.4 Å². The molecule has 1 heteroatoms. The van der Waals surface area contributed by atoms with Gasteiger partial charge in [0.2, 0.25) is 0 Å². The highest BCUT2D eigenvalue weighted by Gasteiger charge is 2.61. The molecule has 4 aliphatic rings. The second kappa shape index (κ2) is 5.07. The van der Waals surface area contributed by atoms with Crippen LogP contribution in [0.3, 0.4) is 0 Å². The zero-order chi connectivity index (χ0) is 16.4.